The van der Waals surface area contributed by atoms with Gasteiger partial charge in [-0.25, -0.2) is 0 Å². The number of hydrogen-bond donors (Lipinski definition) is 0. The van der Waals surface area contributed by atoms with Crippen molar-refractivity contribution in [2.75, 3.05) is 0 Å². The van der Waals surface area contributed by atoms with Gasteiger partial charge in [0.1, 0.15) is 0 Å². The van der Waals surface area contributed by atoms with Crippen molar-refractivity contribution in [2.24, 2.45) is 10.8 Å². The van der Waals surface area contributed by atoms with Crippen LogP contribution in [0.25, 0.3) is 5.57 Å². The third-order valence-electron chi connectivity index (χ3n) is 6.24. The smallest absolute Gasteiger partial charge is 0.000645 e. The lowest BCUT2D eigenvalue weighted by molar-refractivity contribution is 0.406. The molecule has 0 aromatic heterocycles. The van der Waals surface area contributed by atoms with Crippen molar-refractivity contribution in [3.63, 3.8) is 0 Å². The van der Waals surface area contributed by atoms with Crippen molar-refractivity contribution in [2.45, 2.75) is 51.4 Å². The molecule has 3 fully saturated rings. The predicted octanol–water partition coefficient (Wildman–Crippen LogP) is 5.51. The van der Waals surface area contributed by atoms with Crippen LogP contribution in [0.1, 0.15) is 56.9 Å². The van der Waals surface area contributed by atoms with Crippen molar-refractivity contribution in [1.82, 2.24) is 0 Å². The van der Waals surface area contributed by atoms with Crippen molar-refractivity contribution in [3.8, 4) is 0 Å². The maximum absolute atomic E-state index is 2.71. The van der Waals surface area contributed by atoms with Gasteiger partial charge < -0.3 is 0 Å². The van der Waals surface area contributed by atoms with Gasteiger partial charge in [-0.2, -0.15) is 0 Å². The molecule has 20 heavy (non-hydrogen) atoms. The predicted molar refractivity (Wildman–Crippen MR) is 83.2 cm³/mol. The third-order valence-corrected chi connectivity index (χ3v) is 6.24. The van der Waals surface area contributed by atoms with E-state index in [2.05, 4.69) is 36.4 Å². The molecular formula is C20H22. The largest absolute Gasteiger partial charge is 0.0736 e. The molecule has 4 aliphatic rings. The highest BCUT2D eigenvalue weighted by Crippen LogP contribution is 2.77. The second-order valence-corrected chi connectivity index (χ2v) is 7.36. The summed E-state index contributed by atoms with van der Waals surface area (Å²) in [5, 5.41) is 0. The van der Waals surface area contributed by atoms with E-state index >= 15 is 0 Å². The lowest BCUT2D eigenvalue weighted by atomic mass is 9.78. The first kappa shape index (κ1) is 11.4. The number of benzene rings is 1. The van der Waals surface area contributed by atoms with Crippen molar-refractivity contribution < 1.29 is 0 Å². The van der Waals surface area contributed by atoms with E-state index in [1.54, 1.807) is 5.57 Å². The van der Waals surface area contributed by atoms with Crippen molar-refractivity contribution in [1.29, 1.82) is 0 Å². The summed E-state index contributed by atoms with van der Waals surface area (Å²) in [6.45, 7) is 0. The Labute approximate surface area is 121 Å². The van der Waals surface area contributed by atoms with Crippen LogP contribution < -0.4 is 0 Å². The lowest BCUT2D eigenvalue weighted by Crippen LogP contribution is -2.17. The van der Waals surface area contributed by atoms with Crippen LogP contribution in [0.2, 0.25) is 0 Å². The van der Waals surface area contributed by atoms with E-state index in [0.29, 0.717) is 10.8 Å². The lowest BCUT2D eigenvalue weighted by Gasteiger charge is -2.25. The minimum absolute atomic E-state index is 0.569. The van der Waals surface area contributed by atoms with Crippen molar-refractivity contribution in [3.05, 3.63) is 53.1 Å². The molecule has 0 heterocycles. The fraction of sp³-hybridized carbons (Fsp3) is 0.500. The van der Waals surface area contributed by atoms with E-state index in [1.165, 1.54) is 56.9 Å². The molecule has 3 saturated carbocycles. The number of allylic oxidation sites excluding steroid dienone is 4. The zero-order valence-electron chi connectivity index (χ0n) is 12.1. The van der Waals surface area contributed by atoms with Crippen LogP contribution in [0.5, 0.6) is 0 Å². The standard InChI is InChI=1S/C20H22/c1-2-4-15(5-3-1)17-8-9-18(16-6-7-16)20(12-13-20)19(14-17)10-11-19/h1-5,14H,6-13H2. The Balaban J connectivity index is 1.61. The summed E-state index contributed by atoms with van der Waals surface area (Å²) in [6.07, 6.45) is 14.0. The number of rotatable bonds is 1. The Morgan fingerprint density at radius 2 is 1.50 bits per heavy atom. The topological polar surface area (TPSA) is 0 Å². The zero-order chi connectivity index (χ0) is 13.2. The second-order valence-electron chi connectivity index (χ2n) is 7.36. The highest BCUT2D eigenvalue weighted by Gasteiger charge is 2.66. The molecule has 0 N–H and O–H groups in total. The van der Waals surface area contributed by atoms with Gasteiger partial charge in [0.15, 0.2) is 0 Å². The van der Waals surface area contributed by atoms with Gasteiger partial charge in [-0.1, -0.05) is 47.6 Å². The van der Waals surface area contributed by atoms with E-state index in [9.17, 15) is 0 Å². The first-order valence-corrected chi connectivity index (χ1v) is 8.32. The maximum atomic E-state index is 2.71. The SMILES string of the molecule is C1=C(c2ccccc2)CCC(=C2CC2)C2(CC2)C12CC2. The summed E-state index contributed by atoms with van der Waals surface area (Å²) in [7, 11) is 0. The first-order valence-electron chi connectivity index (χ1n) is 8.32. The minimum Gasteiger partial charge on any atom is -0.0736 e. The van der Waals surface area contributed by atoms with E-state index < -0.39 is 0 Å². The molecule has 0 radical (unpaired) electrons. The van der Waals surface area contributed by atoms with Crippen LogP contribution in [0.15, 0.2) is 47.6 Å². The monoisotopic (exact) mass is 262 g/mol. The molecule has 0 amide bonds. The molecule has 0 nitrogen and oxygen atoms in total. The summed E-state index contributed by atoms with van der Waals surface area (Å²) >= 11 is 0. The summed E-state index contributed by atoms with van der Waals surface area (Å²) < 4.78 is 0. The van der Waals surface area contributed by atoms with Crippen LogP contribution in [0.4, 0.5) is 0 Å². The number of hydrogen-bond acceptors (Lipinski definition) is 0. The Hall–Kier alpha value is -1.30. The first-order chi connectivity index (χ1) is 9.83. The van der Waals surface area contributed by atoms with Gasteiger partial charge in [0, 0.05) is 5.41 Å². The van der Waals surface area contributed by atoms with E-state index in [-0.39, 0.29) is 0 Å². The number of fused-ring (bicyclic) bond motifs is 1. The van der Waals surface area contributed by atoms with Crippen LogP contribution in [-0.2, 0) is 0 Å². The zero-order valence-corrected chi connectivity index (χ0v) is 12.1. The van der Waals surface area contributed by atoms with Gasteiger partial charge in [0.2, 0.25) is 0 Å². The molecule has 2 spiro atoms. The molecule has 0 atom stereocenters. The summed E-state index contributed by atoms with van der Waals surface area (Å²) in [5.41, 5.74) is 8.06. The highest BCUT2D eigenvalue weighted by molar-refractivity contribution is 5.69. The van der Waals surface area contributed by atoms with Gasteiger partial charge >= 0.3 is 0 Å². The minimum atomic E-state index is 0.569. The van der Waals surface area contributed by atoms with Gasteiger partial charge in [-0.15, -0.1) is 0 Å². The average molecular weight is 262 g/mol. The summed E-state index contributed by atoms with van der Waals surface area (Å²) in [6, 6.07) is 11.1. The average Bonchev–Trinajstić information content (AvgIpc) is 3.35. The molecule has 102 valence electrons. The van der Waals surface area contributed by atoms with Gasteiger partial charge in [-0.05, 0) is 67.9 Å². The van der Waals surface area contributed by atoms with Crippen LogP contribution in [-0.4, -0.2) is 0 Å². The normalized spacial score (nSPS) is 28.3. The van der Waals surface area contributed by atoms with Crippen molar-refractivity contribution >= 4 is 5.57 Å². The molecule has 0 saturated heterocycles. The molecule has 0 unspecified atom stereocenters. The summed E-state index contributed by atoms with van der Waals surface area (Å²) in [4.78, 5) is 0. The fourth-order valence-corrected chi connectivity index (χ4v) is 4.78. The summed E-state index contributed by atoms with van der Waals surface area (Å²) in [5.74, 6) is 0. The van der Waals surface area contributed by atoms with E-state index in [0.717, 1.165) is 0 Å². The molecule has 4 aliphatic carbocycles. The third kappa shape index (κ3) is 1.48. The molecular weight excluding hydrogens is 240 g/mol. The molecule has 5 rings (SSSR count). The van der Waals surface area contributed by atoms with Gasteiger partial charge in [0.05, 0.1) is 0 Å². The highest BCUT2D eigenvalue weighted by atomic mass is 14.7. The Bertz CT molecular complexity index is 615. The van der Waals surface area contributed by atoms with Gasteiger partial charge in [-0.3, -0.25) is 0 Å². The molecule has 0 bridgehead atoms. The fourth-order valence-electron chi connectivity index (χ4n) is 4.78. The van der Waals surface area contributed by atoms with Crippen LogP contribution >= 0.6 is 0 Å². The molecule has 1 aromatic carbocycles. The second kappa shape index (κ2) is 3.67. The van der Waals surface area contributed by atoms with E-state index in [4.69, 9.17) is 0 Å². The quantitative estimate of drug-likeness (QED) is 0.585. The molecule has 1 aromatic rings. The maximum Gasteiger partial charge on any atom is 0.000645 e. The molecule has 0 heteroatoms. The molecule has 0 aliphatic heterocycles. The Morgan fingerprint density at radius 1 is 0.750 bits per heavy atom. The van der Waals surface area contributed by atoms with Crippen LogP contribution in [0, 0.1) is 10.8 Å². The van der Waals surface area contributed by atoms with E-state index in [1.807, 2.05) is 11.1 Å². The Morgan fingerprint density at radius 3 is 2.10 bits per heavy atom. The van der Waals surface area contributed by atoms with Crippen LogP contribution in [0.3, 0.4) is 0 Å². The van der Waals surface area contributed by atoms with Gasteiger partial charge in [0.25, 0.3) is 0 Å². The Kier molecular flexibility index (Phi) is 2.08.